The first kappa shape index (κ1) is 16.0. The van der Waals surface area contributed by atoms with Gasteiger partial charge in [0, 0.05) is 17.2 Å². The van der Waals surface area contributed by atoms with Gasteiger partial charge in [-0.3, -0.25) is 0 Å². The van der Waals surface area contributed by atoms with Crippen molar-refractivity contribution in [3.63, 3.8) is 0 Å². The summed E-state index contributed by atoms with van der Waals surface area (Å²) in [6.07, 6.45) is -4.96. The van der Waals surface area contributed by atoms with Gasteiger partial charge in [0.25, 0.3) is 0 Å². The van der Waals surface area contributed by atoms with Crippen LogP contribution in [0.1, 0.15) is 0 Å². The Morgan fingerprint density at radius 1 is 0.864 bits per heavy atom. The molecule has 0 heterocycles. The molecule has 0 amide bonds. The maximum Gasteiger partial charge on any atom is 0.573 e. The molecular formula is C14H8F6O2. The fraction of sp³-hybridized carbons (Fsp3) is 0.143. The van der Waals surface area contributed by atoms with Crippen LogP contribution in [0, 0.1) is 5.82 Å². The number of para-hydroxylation sites is 1. The summed E-state index contributed by atoms with van der Waals surface area (Å²) < 4.78 is 83.0. The van der Waals surface area contributed by atoms with E-state index in [9.17, 15) is 26.3 Å². The summed E-state index contributed by atoms with van der Waals surface area (Å²) in [5.41, 5.74) is -0.308. The van der Waals surface area contributed by atoms with Gasteiger partial charge in [-0.15, -0.1) is 13.2 Å². The summed E-state index contributed by atoms with van der Waals surface area (Å²) in [6.45, 7) is -3.25. The van der Waals surface area contributed by atoms with Gasteiger partial charge in [0.1, 0.15) is 17.3 Å². The lowest BCUT2D eigenvalue weighted by molar-refractivity contribution is -0.274. The molecule has 0 atom stereocenters. The molecule has 2 nitrogen and oxygen atoms in total. The van der Waals surface area contributed by atoms with Crippen molar-refractivity contribution in [3.8, 4) is 22.6 Å². The van der Waals surface area contributed by atoms with Gasteiger partial charge in [-0.25, -0.2) is 4.39 Å². The van der Waals surface area contributed by atoms with Crippen LogP contribution >= 0.6 is 0 Å². The largest absolute Gasteiger partial charge is 0.573 e. The Hall–Kier alpha value is -2.38. The van der Waals surface area contributed by atoms with E-state index >= 15 is 0 Å². The second-order valence-electron chi connectivity index (χ2n) is 4.06. The lowest BCUT2D eigenvalue weighted by Crippen LogP contribution is -2.17. The Bertz CT molecular complexity index is 654. The Morgan fingerprint density at radius 3 is 2.14 bits per heavy atom. The minimum absolute atomic E-state index is 0.151. The highest BCUT2D eigenvalue weighted by Crippen LogP contribution is 2.39. The average Bonchev–Trinajstić information content (AvgIpc) is 2.37. The summed E-state index contributed by atoms with van der Waals surface area (Å²) in [4.78, 5) is 0. The number of halogens is 6. The van der Waals surface area contributed by atoms with Crippen molar-refractivity contribution in [1.29, 1.82) is 0 Å². The third kappa shape index (κ3) is 4.06. The molecule has 0 unspecified atom stereocenters. The predicted molar refractivity (Wildman–Crippen MR) is 65.2 cm³/mol. The van der Waals surface area contributed by atoms with Gasteiger partial charge in [0.15, 0.2) is 0 Å². The second-order valence-corrected chi connectivity index (χ2v) is 4.06. The zero-order valence-electron chi connectivity index (χ0n) is 10.7. The van der Waals surface area contributed by atoms with Crippen molar-refractivity contribution in [2.75, 3.05) is 0 Å². The topological polar surface area (TPSA) is 18.5 Å². The molecule has 0 radical (unpaired) electrons. The number of hydrogen-bond acceptors (Lipinski definition) is 2. The molecule has 22 heavy (non-hydrogen) atoms. The van der Waals surface area contributed by atoms with Crippen LogP contribution < -0.4 is 9.47 Å². The van der Waals surface area contributed by atoms with Crippen molar-refractivity contribution < 1.29 is 35.8 Å². The molecule has 0 aliphatic carbocycles. The van der Waals surface area contributed by atoms with E-state index in [0.717, 1.165) is 18.2 Å². The summed E-state index contributed by atoms with van der Waals surface area (Å²) in [6, 6.07) is 7.50. The number of benzene rings is 2. The summed E-state index contributed by atoms with van der Waals surface area (Å²) in [5.74, 6) is -2.07. The van der Waals surface area contributed by atoms with E-state index in [-0.39, 0.29) is 11.1 Å². The van der Waals surface area contributed by atoms with Gasteiger partial charge in [0.2, 0.25) is 0 Å². The van der Waals surface area contributed by atoms with E-state index in [4.69, 9.17) is 0 Å². The molecule has 0 N–H and O–H groups in total. The van der Waals surface area contributed by atoms with Gasteiger partial charge in [-0.05, 0) is 18.2 Å². The molecule has 0 fully saturated rings. The number of alkyl halides is 5. The van der Waals surface area contributed by atoms with Crippen LogP contribution in [-0.2, 0) is 0 Å². The van der Waals surface area contributed by atoms with Crippen molar-refractivity contribution in [2.24, 2.45) is 0 Å². The highest BCUT2D eigenvalue weighted by atomic mass is 19.4. The molecule has 2 aromatic carbocycles. The minimum atomic E-state index is -4.96. The van der Waals surface area contributed by atoms with E-state index in [0.29, 0.717) is 6.07 Å². The van der Waals surface area contributed by atoms with Crippen molar-refractivity contribution in [3.05, 3.63) is 48.3 Å². The number of ether oxygens (including phenoxy) is 2. The summed E-state index contributed by atoms with van der Waals surface area (Å²) in [5, 5.41) is 0. The zero-order chi connectivity index (χ0) is 16.3. The van der Waals surface area contributed by atoms with Crippen LogP contribution in [0.5, 0.6) is 11.5 Å². The molecule has 2 rings (SSSR count). The molecule has 0 saturated carbocycles. The highest BCUT2D eigenvalue weighted by Gasteiger charge is 2.32. The van der Waals surface area contributed by atoms with Crippen LogP contribution in [0.2, 0.25) is 0 Å². The lowest BCUT2D eigenvalue weighted by Gasteiger charge is -2.16. The molecular weight excluding hydrogens is 314 g/mol. The maximum atomic E-state index is 13.1. The van der Waals surface area contributed by atoms with E-state index in [1.165, 1.54) is 18.2 Å². The Morgan fingerprint density at radius 2 is 1.50 bits per heavy atom. The molecule has 118 valence electrons. The number of hydrogen-bond donors (Lipinski definition) is 0. The Balaban J connectivity index is 2.52. The molecule has 0 saturated heterocycles. The van der Waals surface area contributed by atoms with Gasteiger partial charge in [0.05, 0.1) is 0 Å². The quantitative estimate of drug-likeness (QED) is 0.738. The summed E-state index contributed by atoms with van der Waals surface area (Å²) in [7, 11) is 0. The normalized spacial score (nSPS) is 11.6. The van der Waals surface area contributed by atoms with E-state index in [1.807, 2.05) is 0 Å². The van der Waals surface area contributed by atoms with Crippen LogP contribution in [0.3, 0.4) is 0 Å². The van der Waals surface area contributed by atoms with Gasteiger partial charge in [-0.2, -0.15) is 8.78 Å². The molecule has 0 bridgehead atoms. The fourth-order valence-corrected chi connectivity index (χ4v) is 1.81. The molecule has 0 aliphatic rings. The van der Waals surface area contributed by atoms with Gasteiger partial charge >= 0.3 is 13.0 Å². The van der Waals surface area contributed by atoms with Crippen molar-refractivity contribution in [1.82, 2.24) is 0 Å². The molecule has 0 aromatic heterocycles. The second kappa shape index (κ2) is 6.17. The fourth-order valence-electron chi connectivity index (χ4n) is 1.81. The smallest absolute Gasteiger partial charge is 0.434 e. The highest BCUT2D eigenvalue weighted by molar-refractivity contribution is 5.75. The standard InChI is InChI=1S/C14H8F6O2/c15-8-5-6-10(12(7-8)21-13(16)17)9-3-1-2-4-11(9)22-14(18,19)20/h1-7,13H. The molecule has 8 heteroatoms. The minimum Gasteiger partial charge on any atom is -0.434 e. The third-order valence-corrected chi connectivity index (χ3v) is 2.56. The van der Waals surface area contributed by atoms with Gasteiger partial charge < -0.3 is 9.47 Å². The lowest BCUT2D eigenvalue weighted by atomic mass is 10.0. The predicted octanol–water partition coefficient (Wildman–Crippen LogP) is 4.99. The monoisotopic (exact) mass is 322 g/mol. The molecule has 2 aromatic rings. The van der Waals surface area contributed by atoms with Gasteiger partial charge in [-0.1, -0.05) is 18.2 Å². The summed E-state index contributed by atoms with van der Waals surface area (Å²) >= 11 is 0. The van der Waals surface area contributed by atoms with Crippen LogP contribution in [0.4, 0.5) is 26.3 Å². The van der Waals surface area contributed by atoms with Crippen molar-refractivity contribution in [2.45, 2.75) is 13.0 Å². The molecule has 0 aliphatic heterocycles. The first-order valence-corrected chi connectivity index (χ1v) is 5.86. The first-order valence-electron chi connectivity index (χ1n) is 5.86. The maximum absolute atomic E-state index is 13.1. The van der Waals surface area contributed by atoms with E-state index < -0.39 is 30.3 Å². The third-order valence-electron chi connectivity index (χ3n) is 2.56. The van der Waals surface area contributed by atoms with Crippen molar-refractivity contribution >= 4 is 0 Å². The average molecular weight is 322 g/mol. The Labute approximate surface area is 120 Å². The zero-order valence-corrected chi connectivity index (χ0v) is 10.7. The van der Waals surface area contributed by atoms with E-state index in [2.05, 4.69) is 9.47 Å². The SMILES string of the molecule is Fc1ccc(-c2ccccc2OC(F)(F)F)c(OC(F)F)c1. The van der Waals surface area contributed by atoms with E-state index in [1.54, 1.807) is 0 Å². The van der Waals surface area contributed by atoms with Crippen LogP contribution in [0.25, 0.3) is 11.1 Å². The number of rotatable bonds is 4. The first-order chi connectivity index (χ1) is 10.3. The van der Waals surface area contributed by atoms with Crippen LogP contribution in [-0.4, -0.2) is 13.0 Å². The van der Waals surface area contributed by atoms with Crippen LogP contribution in [0.15, 0.2) is 42.5 Å². The Kier molecular flexibility index (Phi) is 4.48. The molecule has 0 spiro atoms.